The molecule has 0 bridgehead atoms. The maximum Gasteiger partial charge on any atom is 0.416 e. The van der Waals surface area contributed by atoms with Crippen molar-refractivity contribution in [2.75, 3.05) is 13.1 Å². The Morgan fingerprint density at radius 2 is 2.03 bits per heavy atom. The summed E-state index contributed by atoms with van der Waals surface area (Å²) in [6, 6.07) is 9.19. The second kappa shape index (κ2) is 7.19. The summed E-state index contributed by atoms with van der Waals surface area (Å²) in [5.74, 6) is 0. The lowest BCUT2D eigenvalue weighted by molar-refractivity contribution is -0.137. The maximum atomic E-state index is 13.0. The minimum absolute atomic E-state index is 0.0193. The number of sulfonamides is 1. The molecule has 1 aromatic heterocycles. The van der Waals surface area contributed by atoms with Crippen molar-refractivity contribution in [3.05, 3.63) is 59.9 Å². The highest BCUT2D eigenvalue weighted by Crippen LogP contribution is 2.38. The summed E-state index contributed by atoms with van der Waals surface area (Å²) in [5, 5.41) is 4.10. The Morgan fingerprint density at radius 1 is 1.21 bits per heavy atom. The molecule has 154 valence electrons. The Labute approximate surface area is 166 Å². The van der Waals surface area contributed by atoms with E-state index >= 15 is 0 Å². The molecule has 0 radical (unpaired) electrons. The lowest BCUT2D eigenvalue weighted by Gasteiger charge is -2.38. The molecule has 0 saturated carbocycles. The highest BCUT2D eigenvalue weighted by molar-refractivity contribution is 7.95. The van der Waals surface area contributed by atoms with E-state index in [4.69, 9.17) is 4.84 Å². The fourth-order valence-corrected chi connectivity index (χ4v) is 5.25. The van der Waals surface area contributed by atoms with E-state index in [0.717, 1.165) is 12.1 Å². The molecule has 10 heteroatoms. The minimum Gasteiger partial charge on any atom is -0.593 e. The van der Waals surface area contributed by atoms with E-state index < -0.39 is 27.7 Å². The van der Waals surface area contributed by atoms with Crippen LogP contribution in [0.5, 0.6) is 0 Å². The Balaban J connectivity index is 1.55. The summed E-state index contributed by atoms with van der Waals surface area (Å²) < 4.78 is 66.2. The number of oxime groups is 1. The zero-order valence-electron chi connectivity index (χ0n) is 15.3. The fourth-order valence-electron chi connectivity index (χ4n) is 3.66. The van der Waals surface area contributed by atoms with Gasteiger partial charge < -0.3 is 9.39 Å². The van der Waals surface area contributed by atoms with Gasteiger partial charge in [0.25, 0.3) is 0 Å². The van der Waals surface area contributed by atoms with Gasteiger partial charge in [0.15, 0.2) is 20.9 Å². The van der Waals surface area contributed by atoms with Gasteiger partial charge in [-0.1, -0.05) is 21.5 Å². The third kappa shape index (κ3) is 3.92. The zero-order valence-corrected chi connectivity index (χ0v) is 16.1. The number of rotatable bonds is 3. The topological polar surface area (TPSA) is 77.9 Å². The minimum atomic E-state index is -4.62. The summed E-state index contributed by atoms with van der Waals surface area (Å²) >= 11 is 0. The first kappa shape index (κ1) is 20.0. The number of benzene rings is 1. The van der Waals surface area contributed by atoms with E-state index in [9.17, 15) is 21.9 Å². The van der Waals surface area contributed by atoms with E-state index in [1.54, 1.807) is 18.3 Å². The molecule has 3 heterocycles. The molecule has 2 aromatic rings. The molecule has 1 fully saturated rings. The van der Waals surface area contributed by atoms with E-state index in [2.05, 4.69) is 10.1 Å². The number of halogens is 3. The molecule has 0 N–H and O–H groups in total. The van der Waals surface area contributed by atoms with E-state index in [0.29, 0.717) is 36.7 Å². The van der Waals surface area contributed by atoms with Crippen molar-refractivity contribution < 1.29 is 26.8 Å². The Hall–Kier alpha value is -2.30. The molecule has 0 aliphatic carbocycles. The van der Waals surface area contributed by atoms with Crippen molar-refractivity contribution in [1.29, 1.82) is 0 Å². The van der Waals surface area contributed by atoms with Crippen molar-refractivity contribution in [2.24, 2.45) is 5.16 Å². The van der Waals surface area contributed by atoms with Crippen LogP contribution in [-0.2, 0) is 25.6 Å². The summed E-state index contributed by atoms with van der Waals surface area (Å²) in [7, 11) is -4.10. The van der Waals surface area contributed by atoms with Gasteiger partial charge in [-0.25, -0.2) is 0 Å². The zero-order chi connectivity index (χ0) is 20.7. The molecular weight excluding hydrogens is 407 g/mol. The van der Waals surface area contributed by atoms with Crippen molar-refractivity contribution >= 4 is 16.1 Å². The average Bonchev–Trinajstić information content (AvgIpc) is 3.11. The van der Waals surface area contributed by atoms with Crippen LogP contribution in [0.4, 0.5) is 13.2 Å². The average molecular weight is 425 g/mol. The number of hydrogen-bond donors (Lipinski definition) is 0. The Kier molecular flexibility index (Phi) is 4.96. The molecule has 29 heavy (non-hydrogen) atoms. The largest absolute Gasteiger partial charge is 0.593 e. The Bertz CT molecular complexity index is 983. The third-order valence-electron chi connectivity index (χ3n) is 5.10. The second-order valence-electron chi connectivity index (χ2n) is 7.17. The molecule has 2 atom stereocenters. The quantitative estimate of drug-likeness (QED) is 0.703. The van der Waals surface area contributed by atoms with Crippen LogP contribution < -0.4 is 0 Å². The van der Waals surface area contributed by atoms with Crippen LogP contribution in [0.3, 0.4) is 0 Å². The lowest BCUT2D eigenvalue weighted by atomic mass is 9.88. The molecule has 6 nitrogen and oxygen atoms in total. The van der Waals surface area contributed by atoms with Crippen LogP contribution in [-0.4, -0.2) is 38.2 Å². The first-order chi connectivity index (χ1) is 13.7. The third-order valence-corrected chi connectivity index (χ3v) is 6.94. The van der Waals surface area contributed by atoms with Crippen molar-refractivity contribution in [3.8, 4) is 0 Å². The van der Waals surface area contributed by atoms with Gasteiger partial charge in [-0.05, 0) is 37.1 Å². The summed E-state index contributed by atoms with van der Waals surface area (Å²) in [6.07, 6.45) is -1.48. The van der Waals surface area contributed by atoms with E-state index in [-0.39, 0.29) is 18.0 Å². The van der Waals surface area contributed by atoms with Gasteiger partial charge >= 0.3 is 6.18 Å². The molecule has 4 rings (SSSR count). The van der Waals surface area contributed by atoms with Crippen LogP contribution in [0, 0.1) is 0 Å². The second-order valence-corrected chi connectivity index (χ2v) is 9.11. The van der Waals surface area contributed by atoms with Crippen molar-refractivity contribution in [1.82, 2.24) is 9.29 Å². The van der Waals surface area contributed by atoms with Gasteiger partial charge in [0.1, 0.15) is 5.71 Å². The lowest BCUT2D eigenvalue weighted by Crippen LogP contribution is -2.52. The van der Waals surface area contributed by atoms with Gasteiger partial charge in [-0.3, -0.25) is 4.98 Å². The smallest absolute Gasteiger partial charge is 0.416 e. The normalized spacial score (nSPS) is 24.8. The summed E-state index contributed by atoms with van der Waals surface area (Å²) in [5.41, 5.74) is -0.547. The monoisotopic (exact) mass is 425 g/mol. The van der Waals surface area contributed by atoms with E-state index in [1.165, 1.54) is 10.4 Å². The van der Waals surface area contributed by atoms with Crippen LogP contribution in [0.25, 0.3) is 0 Å². The maximum absolute atomic E-state index is 13.0. The van der Waals surface area contributed by atoms with Crippen molar-refractivity contribution in [2.45, 2.75) is 35.9 Å². The number of alkyl halides is 3. The molecular formula is C19H18F3N3O3S. The van der Waals surface area contributed by atoms with Crippen LogP contribution in [0.2, 0.25) is 0 Å². The number of piperidine rings is 1. The molecule has 2 unspecified atom stereocenters. The van der Waals surface area contributed by atoms with Crippen LogP contribution >= 0.6 is 0 Å². The highest BCUT2D eigenvalue weighted by atomic mass is 32.3. The number of pyridine rings is 1. The highest BCUT2D eigenvalue weighted by Gasteiger charge is 2.48. The number of nitrogens with zero attached hydrogens (tertiary/aromatic N) is 3. The number of aromatic nitrogens is 1. The van der Waals surface area contributed by atoms with Gasteiger partial charge in [0.2, 0.25) is 0 Å². The molecule has 2 aliphatic heterocycles. The van der Waals surface area contributed by atoms with E-state index in [1.807, 2.05) is 6.07 Å². The molecule has 1 aromatic carbocycles. The van der Waals surface area contributed by atoms with Gasteiger partial charge in [-0.2, -0.15) is 13.2 Å². The van der Waals surface area contributed by atoms with Crippen LogP contribution in [0.15, 0.2) is 58.7 Å². The number of hydrogen-bond acceptors (Lipinski definition) is 5. The summed E-state index contributed by atoms with van der Waals surface area (Å²) in [4.78, 5) is 9.51. The van der Waals surface area contributed by atoms with Gasteiger partial charge in [-0.15, -0.1) is 4.31 Å². The Morgan fingerprint density at radius 3 is 2.76 bits per heavy atom. The molecule has 1 spiro atoms. The van der Waals surface area contributed by atoms with Crippen molar-refractivity contribution in [3.63, 3.8) is 0 Å². The van der Waals surface area contributed by atoms with Gasteiger partial charge in [0.05, 0.1) is 17.8 Å². The van der Waals surface area contributed by atoms with Crippen LogP contribution in [0.1, 0.15) is 30.5 Å². The predicted molar refractivity (Wildman–Crippen MR) is 98.6 cm³/mol. The van der Waals surface area contributed by atoms with Gasteiger partial charge in [0, 0.05) is 25.2 Å². The first-order valence-electron chi connectivity index (χ1n) is 9.04. The standard InChI is InChI=1S/C19H18F3N3O3S/c20-19(21,22)14-5-3-6-15(11-14)29(26,27)25-10-4-8-18(13-25)12-17(24-28-18)16-7-1-2-9-23-16/h1-3,5-7,9,11H,4,8,10,12-13H2. The molecule has 0 amide bonds. The fraction of sp³-hybridized carbons (Fsp3) is 0.368. The molecule has 1 saturated heterocycles. The first-order valence-corrected chi connectivity index (χ1v) is 10.5. The summed E-state index contributed by atoms with van der Waals surface area (Å²) in [6.45, 7) is 0.230. The SMILES string of the molecule is O=[S+]([O-])(c1cccc(C(F)(F)F)c1)N1CCCC2(CC(c3ccccn3)=NO2)C1. The predicted octanol–water partition coefficient (Wildman–Crippen LogP) is 3.66. The molecule has 2 aliphatic rings.